The molecule has 5 heteroatoms. The molecule has 1 saturated heterocycles. The van der Waals surface area contributed by atoms with Crippen molar-refractivity contribution in [2.24, 2.45) is 0 Å². The second-order valence-corrected chi connectivity index (χ2v) is 10.2. The van der Waals surface area contributed by atoms with E-state index in [2.05, 4.69) is 78.5 Å². The first-order valence-electron chi connectivity index (χ1n) is 9.46. The minimum absolute atomic E-state index is 0.697. The number of piperidine rings is 1. The van der Waals surface area contributed by atoms with Crippen molar-refractivity contribution in [3.8, 4) is 0 Å². The minimum atomic E-state index is 0.697. The monoisotopic (exact) mass is 416 g/mol. The molecule has 0 amide bonds. The van der Waals surface area contributed by atoms with Gasteiger partial charge in [0.05, 0.1) is 0 Å². The van der Waals surface area contributed by atoms with Crippen LogP contribution in [0.1, 0.15) is 24.0 Å². The van der Waals surface area contributed by atoms with Crippen molar-refractivity contribution in [1.82, 2.24) is 9.80 Å². The van der Waals surface area contributed by atoms with E-state index in [9.17, 15) is 0 Å². The highest BCUT2D eigenvalue weighted by molar-refractivity contribution is 8.22. The van der Waals surface area contributed by atoms with E-state index in [1.165, 1.54) is 28.9 Å². The van der Waals surface area contributed by atoms with Crippen molar-refractivity contribution >= 4 is 40.1 Å². The van der Waals surface area contributed by atoms with Gasteiger partial charge in [-0.1, -0.05) is 66.4 Å². The molecular formula is C22H28N2S3. The molecule has 0 radical (unpaired) electrons. The summed E-state index contributed by atoms with van der Waals surface area (Å²) >= 11 is 9.49. The van der Waals surface area contributed by atoms with Gasteiger partial charge in [-0.15, -0.1) is 11.8 Å². The smallest absolute Gasteiger partial charge is 0.136 e. The summed E-state index contributed by atoms with van der Waals surface area (Å²) in [5.74, 6) is 0.966. The maximum atomic E-state index is 5.67. The molecule has 1 fully saturated rings. The van der Waals surface area contributed by atoms with Gasteiger partial charge in [-0.2, -0.15) is 0 Å². The Hall–Kier alpha value is -1.01. The highest BCUT2D eigenvalue weighted by Gasteiger charge is 2.21. The van der Waals surface area contributed by atoms with Gasteiger partial charge in [-0.05, 0) is 50.2 Å². The molecule has 1 aliphatic heterocycles. The molecule has 0 atom stereocenters. The van der Waals surface area contributed by atoms with Crippen molar-refractivity contribution in [2.75, 3.05) is 27.2 Å². The molecule has 144 valence electrons. The van der Waals surface area contributed by atoms with Crippen LogP contribution >= 0.6 is 35.7 Å². The van der Waals surface area contributed by atoms with E-state index >= 15 is 0 Å². The average Bonchev–Trinajstić information content (AvgIpc) is 2.69. The molecule has 1 heterocycles. The lowest BCUT2D eigenvalue weighted by Crippen LogP contribution is -2.37. The van der Waals surface area contributed by atoms with Crippen molar-refractivity contribution < 1.29 is 0 Å². The van der Waals surface area contributed by atoms with Gasteiger partial charge in [0, 0.05) is 35.5 Å². The molecule has 0 aromatic heterocycles. The Morgan fingerprint density at radius 2 is 1.67 bits per heavy atom. The normalized spacial score (nSPS) is 15.3. The van der Waals surface area contributed by atoms with E-state index in [1.807, 2.05) is 11.8 Å². The summed E-state index contributed by atoms with van der Waals surface area (Å²) in [7, 11) is 4.22. The van der Waals surface area contributed by atoms with Crippen LogP contribution < -0.4 is 0 Å². The second kappa shape index (κ2) is 10.5. The molecule has 3 rings (SSSR count). The summed E-state index contributed by atoms with van der Waals surface area (Å²) in [6, 6.07) is 19.6. The number of hydrogen-bond acceptors (Lipinski definition) is 4. The molecule has 0 unspecified atom stereocenters. The van der Waals surface area contributed by atoms with Crippen LogP contribution in [0.25, 0.3) is 0 Å². The van der Waals surface area contributed by atoms with Crippen molar-refractivity contribution in [3.63, 3.8) is 0 Å². The Balaban J connectivity index is 1.41. The fraction of sp³-hybridized carbons (Fsp3) is 0.409. The Morgan fingerprint density at radius 3 is 2.30 bits per heavy atom. The molecule has 0 N–H and O–H groups in total. The molecule has 0 saturated carbocycles. The number of hydrogen-bond donors (Lipinski definition) is 0. The van der Waals surface area contributed by atoms with Crippen molar-refractivity contribution in [3.05, 3.63) is 65.7 Å². The number of thioether (sulfide) groups is 2. The van der Waals surface area contributed by atoms with Gasteiger partial charge in [-0.25, -0.2) is 0 Å². The lowest BCUT2D eigenvalue weighted by Gasteiger charge is -2.33. The predicted octanol–water partition coefficient (Wildman–Crippen LogP) is 5.52. The maximum Gasteiger partial charge on any atom is 0.136 e. The van der Waals surface area contributed by atoms with E-state index in [1.54, 1.807) is 11.8 Å². The summed E-state index contributed by atoms with van der Waals surface area (Å²) in [4.78, 5) is 5.98. The molecule has 2 nitrogen and oxygen atoms in total. The first kappa shape index (κ1) is 20.7. The Labute approximate surface area is 177 Å². The fourth-order valence-corrected chi connectivity index (χ4v) is 5.53. The SMILES string of the molecule is CN(C)Cc1ccc(SC2CCN(C(=S)SCc3ccccc3)CC2)cc1. The predicted molar refractivity (Wildman–Crippen MR) is 125 cm³/mol. The second-order valence-electron chi connectivity index (χ2n) is 7.23. The van der Waals surface area contributed by atoms with Crippen LogP contribution in [0.5, 0.6) is 0 Å². The molecule has 0 spiro atoms. The lowest BCUT2D eigenvalue weighted by atomic mass is 10.1. The third-order valence-corrected chi connectivity index (χ3v) is 7.57. The summed E-state index contributed by atoms with van der Waals surface area (Å²) in [5, 5.41) is 0.697. The standard InChI is InChI=1S/C22H28N2S3/c1-23(2)16-18-8-10-20(11-9-18)27-21-12-14-24(15-13-21)22(25)26-17-19-6-4-3-5-7-19/h3-11,21H,12-17H2,1-2H3. The average molecular weight is 417 g/mol. The summed E-state index contributed by atoms with van der Waals surface area (Å²) < 4.78 is 1.05. The van der Waals surface area contributed by atoms with Crippen molar-refractivity contribution in [2.45, 2.75) is 35.3 Å². The first-order valence-corrected chi connectivity index (χ1v) is 11.7. The fourth-order valence-electron chi connectivity index (χ4n) is 3.20. The summed E-state index contributed by atoms with van der Waals surface area (Å²) in [6.45, 7) is 3.16. The van der Waals surface area contributed by atoms with Crippen LogP contribution in [0.2, 0.25) is 0 Å². The van der Waals surface area contributed by atoms with Gasteiger partial charge >= 0.3 is 0 Å². The lowest BCUT2D eigenvalue weighted by molar-refractivity contribution is 0.359. The van der Waals surface area contributed by atoms with E-state index < -0.39 is 0 Å². The van der Waals surface area contributed by atoms with Gasteiger partial charge in [-0.3, -0.25) is 0 Å². The van der Waals surface area contributed by atoms with E-state index in [0.717, 1.165) is 29.7 Å². The zero-order valence-electron chi connectivity index (χ0n) is 16.1. The van der Waals surface area contributed by atoms with Crippen LogP contribution in [-0.4, -0.2) is 46.6 Å². The Morgan fingerprint density at radius 1 is 1.00 bits per heavy atom. The Bertz CT molecular complexity index is 708. The number of benzene rings is 2. The third-order valence-electron chi connectivity index (χ3n) is 4.63. The van der Waals surface area contributed by atoms with E-state index in [-0.39, 0.29) is 0 Å². The third kappa shape index (κ3) is 6.83. The van der Waals surface area contributed by atoms with Gasteiger partial charge in [0.2, 0.25) is 0 Å². The molecule has 2 aromatic rings. The Kier molecular flexibility index (Phi) is 8.07. The van der Waals surface area contributed by atoms with Crippen LogP contribution in [0, 0.1) is 0 Å². The van der Waals surface area contributed by atoms with Crippen molar-refractivity contribution in [1.29, 1.82) is 0 Å². The van der Waals surface area contributed by atoms with Crippen LogP contribution in [0.3, 0.4) is 0 Å². The number of rotatable bonds is 6. The maximum absolute atomic E-state index is 5.67. The van der Waals surface area contributed by atoms with Crippen LogP contribution in [0.4, 0.5) is 0 Å². The molecule has 27 heavy (non-hydrogen) atoms. The van der Waals surface area contributed by atoms with Gasteiger partial charge in [0.25, 0.3) is 0 Å². The topological polar surface area (TPSA) is 6.48 Å². The summed E-state index contributed by atoms with van der Waals surface area (Å²) in [5.41, 5.74) is 2.72. The largest absolute Gasteiger partial charge is 0.357 e. The minimum Gasteiger partial charge on any atom is -0.357 e. The number of likely N-dealkylation sites (tertiary alicyclic amines) is 1. The van der Waals surface area contributed by atoms with Gasteiger partial charge in [0.1, 0.15) is 4.32 Å². The van der Waals surface area contributed by atoms with Crippen LogP contribution in [-0.2, 0) is 12.3 Å². The highest BCUT2D eigenvalue weighted by atomic mass is 32.2. The highest BCUT2D eigenvalue weighted by Crippen LogP contribution is 2.31. The zero-order valence-corrected chi connectivity index (χ0v) is 18.6. The quantitative estimate of drug-likeness (QED) is 0.570. The van der Waals surface area contributed by atoms with Gasteiger partial charge in [0.15, 0.2) is 0 Å². The molecule has 0 bridgehead atoms. The number of nitrogens with zero attached hydrogens (tertiary/aromatic N) is 2. The van der Waals surface area contributed by atoms with E-state index in [4.69, 9.17) is 12.2 Å². The molecule has 0 aliphatic carbocycles. The molecule has 2 aromatic carbocycles. The molecular weight excluding hydrogens is 388 g/mol. The molecule has 1 aliphatic rings. The van der Waals surface area contributed by atoms with E-state index in [0.29, 0.717) is 5.25 Å². The first-order chi connectivity index (χ1) is 13.1. The van der Waals surface area contributed by atoms with Crippen LogP contribution in [0.15, 0.2) is 59.5 Å². The summed E-state index contributed by atoms with van der Waals surface area (Å²) in [6.07, 6.45) is 2.41. The number of thiocarbonyl (C=S) groups is 1. The zero-order chi connectivity index (χ0) is 19.1. The van der Waals surface area contributed by atoms with Gasteiger partial charge < -0.3 is 9.80 Å².